The van der Waals surface area contributed by atoms with E-state index in [0.29, 0.717) is 6.54 Å². The van der Waals surface area contributed by atoms with E-state index in [4.69, 9.17) is 9.25 Å². The zero-order chi connectivity index (χ0) is 16.4. The molecule has 6 nitrogen and oxygen atoms in total. The van der Waals surface area contributed by atoms with E-state index in [2.05, 4.69) is 0 Å². The minimum absolute atomic E-state index is 0.133. The maximum Gasteiger partial charge on any atom is 0.221 e. The average molecular weight is 336 g/mol. The summed E-state index contributed by atoms with van der Waals surface area (Å²) in [5.74, 6) is 0. The quantitative estimate of drug-likeness (QED) is 0.836. The molecular weight excluding hydrogens is 316 g/mol. The molecule has 2 unspecified atom stereocenters. The standard InChI is InChI=1S/C16H20N2O4S/c1-17(10-13-6-4-3-5-7-13)23(19,20)15-12-22-18(2)16(15)14-8-9-21-11-14/h3-9,11,15-16H,10,12H2,1-2H3. The van der Waals surface area contributed by atoms with Crippen LogP contribution < -0.4 is 0 Å². The van der Waals surface area contributed by atoms with Crippen LogP contribution in [0.4, 0.5) is 0 Å². The van der Waals surface area contributed by atoms with Gasteiger partial charge in [0.25, 0.3) is 0 Å². The Morgan fingerprint density at radius 2 is 2.00 bits per heavy atom. The highest BCUT2D eigenvalue weighted by atomic mass is 32.2. The van der Waals surface area contributed by atoms with Crippen LogP contribution in [-0.4, -0.2) is 43.7 Å². The Labute approximate surface area is 136 Å². The number of furan rings is 1. The Hall–Kier alpha value is -1.67. The maximum absolute atomic E-state index is 13.0. The molecule has 0 radical (unpaired) electrons. The first-order valence-electron chi connectivity index (χ1n) is 7.37. The fourth-order valence-electron chi connectivity index (χ4n) is 2.87. The lowest BCUT2D eigenvalue weighted by Crippen LogP contribution is -2.40. The fourth-order valence-corrected chi connectivity index (χ4v) is 4.55. The summed E-state index contributed by atoms with van der Waals surface area (Å²) >= 11 is 0. The third kappa shape index (κ3) is 3.18. The first-order valence-corrected chi connectivity index (χ1v) is 8.87. The molecule has 1 aliphatic heterocycles. The average Bonchev–Trinajstić information content (AvgIpc) is 3.17. The van der Waals surface area contributed by atoms with E-state index in [-0.39, 0.29) is 12.6 Å². The second kappa shape index (κ2) is 6.45. The Kier molecular flexibility index (Phi) is 4.54. The monoisotopic (exact) mass is 336 g/mol. The molecule has 124 valence electrons. The smallest absolute Gasteiger partial charge is 0.221 e. The van der Waals surface area contributed by atoms with Crippen molar-refractivity contribution >= 4 is 10.0 Å². The van der Waals surface area contributed by atoms with Crippen LogP contribution in [0.1, 0.15) is 17.2 Å². The second-order valence-corrected chi connectivity index (χ2v) is 7.93. The van der Waals surface area contributed by atoms with Gasteiger partial charge in [0, 0.05) is 26.2 Å². The minimum Gasteiger partial charge on any atom is -0.472 e. The van der Waals surface area contributed by atoms with Crippen molar-refractivity contribution in [1.82, 2.24) is 9.37 Å². The van der Waals surface area contributed by atoms with Crippen LogP contribution in [0.3, 0.4) is 0 Å². The zero-order valence-corrected chi connectivity index (χ0v) is 13.9. The van der Waals surface area contributed by atoms with Crippen LogP contribution in [0.2, 0.25) is 0 Å². The van der Waals surface area contributed by atoms with Crippen molar-refractivity contribution in [1.29, 1.82) is 0 Å². The molecule has 7 heteroatoms. The third-order valence-corrected chi connectivity index (χ3v) is 6.29. The van der Waals surface area contributed by atoms with Gasteiger partial charge in [0.1, 0.15) is 5.25 Å². The zero-order valence-electron chi connectivity index (χ0n) is 13.1. The highest BCUT2D eigenvalue weighted by molar-refractivity contribution is 7.89. The van der Waals surface area contributed by atoms with Crippen LogP contribution in [0.5, 0.6) is 0 Å². The van der Waals surface area contributed by atoms with Crippen LogP contribution in [0, 0.1) is 0 Å². The Bertz CT molecular complexity index is 731. The van der Waals surface area contributed by atoms with Crippen molar-refractivity contribution in [3.8, 4) is 0 Å². The maximum atomic E-state index is 13.0. The van der Waals surface area contributed by atoms with Crippen LogP contribution >= 0.6 is 0 Å². The van der Waals surface area contributed by atoms with Gasteiger partial charge in [0.15, 0.2) is 0 Å². The molecule has 0 saturated carbocycles. The molecule has 0 spiro atoms. The Morgan fingerprint density at radius 1 is 1.26 bits per heavy atom. The summed E-state index contributed by atoms with van der Waals surface area (Å²) in [6.45, 7) is 0.468. The van der Waals surface area contributed by atoms with Crippen molar-refractivity contribution in [3.63, 3.8) is 0 Å². The molecular formula is C16H20N2O4S. The predicted molar refractivity (Wildman–Crippen MR) is 85.8 cm³/mol. The summed E-state index contributed by atoms with van der Waals surface area (Å²) in [5, 5.41) is 0.919. The van der Waals surface area contributed by atoms with Gasteiger partial charge in [-0.25, -0.2) is 12.7 Å². The first kappa shape index (κ1) is 16.2. The number of benzene rings is 1. The van der Waals surface area contributed by atoms with Crippen LogP contribution in [0.15, 0.2) is 53.3 Å². The van der Waals surface area contributed by atoms with Gasteiger partial charge >= 0.3 is 0 Å². The van der Waals surface area contributed by atoms with Gasteiger partial charge in [-0.15, -0.1) is 0 Å². The summed E-state index contributed by atoms with van der Waals surface area (Å²) in [7, 11) is -0.175. The van der Waals surface area contributed by atoms with E-state index < -0.39 is 15.3 Å². The van der Waals surface area contributed by atoms with E-state index in [1.54, 1.807) is 37.8 Å². The van der Waals surface area contributed by atoms with E-state index in [0.717, 1.165) is 11.1 Å². The molecule has 1 aromatic heterocycles. The number of rotatable bonds is 5. The van der Waals surface area contributed by atoms with Gasteiger partial charge < -0.3 is 4.42 Å². The van der Waals surface area contributed by atoms with Crippen LogP contribution in [0.25, 0.3) is 0 Å². The van der Waals surface area contributed by atoms with Gasteiger partial charge in [-0.3, -0.25) is 4.84 Å². The van der Waals surface area contributed by atoms with E-state index in [1.165, 1.54) is 4.31 Å². The largest absolute Gasteiger partial charge is 0.472 e. The van der Waals surface area contributed by atoms with Gasteiger partial charge in [-0.2, -0.15) is 5.06 Å². The van der Waals surface area contributed by atoms with E-state index >= 15 is 0 Å². The number of sulfonamides is 1. The SMILES string of the molecule is CN1OCC(S(=O)(=O)N(C)Cc2ccccc2)C1c1ccoc1. The van der Waals surface area contributed by atoms with Crippen molar-refractivity contribution in [2.24, 2.45) is 0 Å². The Morgan fingerprint density at radius 3 is 2.65 bits per heavy atom. The molecule has 0 aliphatic carbocycles. The topological polar surface area (TPSA) is 63.0 Å². The van der Waals surface area contributed by atoms with Crippen molar-refractivity contribution in [2.45, 2.75) is 17.8 Å². The normalized spacial score (nSPS) is 22.7. The lowest BCUT2D eigenvalue weighted by atomic mass is 10.1. The molecule has 2 aromatic rings. The molecule has 23 heavy (non-hydrogen) atoms. The van der Waals surface area contributed by atoms with Gasteiger partial charge in [0.2, 0.25) is 10.0 Å². The molecule has 1 aliphatic rings. The van der Waals surface area contributed by atoms with E-state index in [1.807, 2.05) is 30.3 Å². The fraction of sp³-hybridized carbons (Fsp3) is 0.375. The predicted octanol–water partition coefficient (Wildman–Crippen LogP) is 2.03. The lowest BCUT2D eigenvalue weighted by Gasteiger charge is -2.25. The molecule has 1 fully saturated rings. The highest BCUT2D eigenvalue weighted by Crippen LogP contribution is 2.35. The number of nitrogens with zero attached hydrogens (tertiary/aromatic N) is 2. The van der Waals surface area contributed by atoms with Crippen molar-refractivity contribution in [3.05, 3.63) is 60.1 Å². The first-order chi connectivity index (χ1) is 11.0. The third-order valence-electron chi connectivity index (χ3n) is 4.14. The Balaban J connectivity index is 1.83. The van der Waals surface area contributed by atoms with Gasteiger partial charge in [-0.05, 0) is 11.6 Å². The molecule has 2 heterocycles. The minimum atomic E-state index is -3.52. The molecule has 0 N–H and O–H groups in total. The highest BCUT2D eigenvalue weighted by Gasteiger charge is 2.45. The van der Waals surface area contributed by atoms with Crippen LogP contribution in [-0.2, 0) is 21.4 Å². The second-order valence-electron chi connectivity index (χ2n) is 5.67. The number of hydrogen-bond donors (Lipinski definition) is 0. The molecule has 3 rings (SSSR count). The molecule has 0 bridgehead atoms. The van der Waals surface area contributed by atoms with E-state index in [9.17, 15) is 8.42 Å². The molecule has 0 amide bonds. The summed E-state index contributed by atoms with van der Waals surface area (Å²) in [6.07, 6.45) is 3.11. The summed E-state index contributed by atoms with van der Waals surface area (Å²) in [5.41, 5.74) is 1.75. The number of hydroxylamine groups is 2. The van der Waals surface area contributed by atoms with Crippen molar-refractivity contribution in [2.75, 3.05) is 20.7 Å². The molecule has 1 aromatic carbocycles. The lowest BCUT2D eigenvalue weighted by molar-refractivity contribution is -0.110. The van der Waals surface area contributed by atoms with Crippen molar-refractivity contribution < 1.29 is 17.7 Å². The number of hydrogen-bond acceptors (Lipinski definition) is 5. The molecule has 2 atom stereocenters. The molecule has 1 saturated heterocycles. The van der Waals surface area contributed by atoms with Gasteiger partial charge in [-0.1, -0.05) is 30.3 Å². The summed E-state index contributed by atoms with van der Waals surface area (Å²) in [4.78, 5) is 5.47. The summed E-state index contributed by atoms with van der Waals surface area (Å²) in [6, 6.07) is 10.9. The van der Waals surface area contributed by atoms with Gasteiger partial charge in [0.05, 0.1) is 25.2 Å². The summed E-state index contributed by atoms with van der Waals surface area (Å²) < 4.78 is 32.4.